The van der Waals surface area contributed by atoms with E-state index >= 15 is 0 Å². The first kappa shape index (κ1) is 14.3. The molecule has 0 atom stereocenters. The van der Waals surface area contributed by atoms with Crippen molar-refractivity contribution in [3.05, 3.63) is 59.4 Å². The Morgan fingerprint density at radius 3 is 2.55 bits per heavy atom. The number of para-hydroxylation sites is 1. The number of carbonyl (C=O) groups excluding carboxylic acids is 2. The molecule has 2 aromatic rings. The summed E-state index contributed by atoms with van der Waals surface area (Å²) in [4.78, 5) is 25.6. The zero-order valence-electron chi connectivity index (χ0n) is 12.1. The van der Waals surface area contributed by atoms with E-state index in [1.54, 1.807) is 11.0 Å². The van der Waals surface area contributed by atoms with Gasteiger partial charge in [-0.15, -0.1) is 0 Å². The van der Waals surface area contributed by atoms with Crippen molar-refractivity contribution in [3.63, 3.8) is 0 Å². The minimum absolute atomic E-state index is 0.186. The molecule has 5 heteroatoms. The minimum atomic E-state index is -0.377. The number of amides is 2. The molecule has 0 saturated carbocycles. The van der Waals surface area contributed by atoms with E-state index in [1.165, 1.54) is 31.2 Å². The van der Waals surface area contributed by atoms with E-state index in [-0.39, 0.29) is 17.6 Å². The monoisotopic (exact) mass is 298 g/mol. The number of fused-ring (bicyclic) bond motifs is 1. The molecule has 0 aromatic heterocycles. The third kappa shape index (κ3) is 2.57. The molecule has 1 N–H and O–H groups in total. The van der Waals surface area contributed by atoms with Gasteiger partial charge in [-0.25, -0.2) is 4.39 Å². The Labute approximate surface area is 127 Å². The molecule has 1 heterocycles. The first-order valence-corrected chi connectivity index (χ1v) is 7.03. The lowest BCUT2D eigenvalue weighted by Gasteiger charge is -2.20. The van der Waals surface area contributed by atoms with Crippen molar-refractivity contribution in [3.8, 4) is 0 Å². The maximum atomic E-state index is 13.0. The van der Waals surface area contributed by atoms with E-state index in [1.807, 2.05) is 12.1 Å². The van der Waals surface area contributed by atoms with Gasteiger partial charge in [-0.1, -0.05) is 12.1 Å². The Morgan fingerprint density at radius 2 is 1.86 bits per heavy atom. The van der Waals surface area contributed by atoms with Crippen molar-refractivity contribution < 1.29 is 14.0 Å². The van der Waals surface area contributed by atoms with Crippen LogP contribution in [0.15, 0.2) is 42.5 Å². The molecule has 0 fully saturated rings. The molecule has 1 aliphatic heterocycles. The molecule has 0 radical (unpaired) electrons. The molecule has 2 amide bonds. The molecule has 22 heavy (non-hydrogen) atoms. The van der Waals surface area contributed by atoms with Gasteiger partial charge >= 0.3 is 0 Å². The summed E-state index contributed by atoms with van der Waals surface area (Å²) in [5, 5.41) is 2.76. The number of hydrogen-bond donors (Lipinski definition) is 1. The van der Waals surface area contributed by atoms with E-state index in [2.05, 4.69) is 5.32 Å². The predicted molar refractivity (Wildman–Crippen MR) is 82.5 cm³/mol. The number of nitrogens with zero attached hydrogens (tertiary/aromatic N) is 1. The van der Waals surface area contributed by atoms with Crippen LogP contribution in [0.3, 0.4) is 0 Å². The number of hydrogen-bond acceptors (Lipinski definition) is 2. The number of halogens is 1. The lowest BCUT2D eigenvalue weighted by molar-refractivity contribution is -0.114. The van der Waals surface area contributed by atoms with Crippen LogP contribution in [0.1, 0.15) is 22.8 Å². The van der Waals surface area contributed by atoms with E-state index in [0.29, 0.717) is 17.8 Å². The quantitative estimate of drug-likeness (QED) is 0.926. The van der Waals surface area contributed by atoms with Crippen LogP contribution in [0, 0.1) is 5.82 Å². The van der Waals surface area contributed by atoms with E-state index < -0.39 is 0 Å². The number of rotatable bonds is 2. The fourth-order valence-electron chi connectivity index (χ4n) is 2.70. The van der Waals surface area contributed by atoms with Crippen molar-refractivity contribution in [2.24, 2.45) is 0 Å². The molecule has 0 aliphatic carbocycles. The van der Waals surface area contributed by atoms with E-state index in [4.69, 9.17) is 0 Å². The number of carbonyl (C=O) groups is 2. The molecule has 4 nitrogen and oxygen atoms in total. The molecule has 0 spiro atoms. The van der Waals surface area contributed by atoms with E-state index in [0.717, 1.165) is 17.7 Å². The molecule has 3 rings (SSSR count). The lowest BCUT2D eigenvalue weighted by Crippen LogP contribution is -2.29. The average Bonchev–Trinajstić information content (AvgIpc) is 2.92. The molecule has 112 valence electrons. The molecule has 2 aromatic carbocycles. The Kier molecular flexibility index (Phi) is 3.63. The first-order chi connectivity index (χ1) is 10.6. The fourth-order valence-corrected chi connectivity index (χ4v) is 2.70. The number of nitrogens with one attached hydrogen (secondary N) is 1. The second-order valence-corrected chi connectivity index (χ2v) is 5.21. The van der Waals surface area contributed by atoms with Crippen LogP contribution in [-0.4, -0.2) is 18.4 Å². The van der Waals surface area contributed by atoms with E-state index in [9.17, 15) is 14.0 Å². The van der Waals surface area contributed by atoms with Crippen LogP contribution in [-0.2, 0) is 11.2 Å². The SMILES string of the molecule is CC(=O)Nc1cccc2c1N(C(=O)c1ccc(F)cc1)CC2. The zero-order valence-corrected chi connectivity index (χ0v) is 12.1. The van der Waals surface area contributed by atoms with Crippen LogP contribution in [0.2, 0.25) is 0 Å². The zero-order chi connectivity index (χ0) is 15.7. The number of anilines is 2. The number of benzene rings is 2. The topological polar surface area (TPSA) is 49.4 Å². The smallest absolute Gasteiger partial charge is 0.258 e. The summed E-state index contributed by atoms with van der Waals surface area (Å²) < 4.78 is 13.0. The standard InChI is InChI=1S/C17H15FN2O2/c1-11(21)19-15-4-2-3-12-9-10-20(16(12)15)17(22)13-5-7-14(18)8-6-13/h2-8H,9-10H2,1H3,(H,19,21). The maximum Gasteiger partial charge on any atom is 0.258 e. The molecule has 1 aliphatic rings. The molecule has 0 unspecified atom stereocenters. The van der Waals surface area contributed by atoms with Crippen LogP contribution in [0.25, 0.3) is 0 Å². The van der Waals surface area contributed by atoms with Crippen molar-refractivity contribution in [1.29, 1.82) is 0 Å². The van der Waals surface area contributed by atoms with Crippen LogP contribution in [0.5, 0.6) is 0 Å². The van der Waals surface area contributed by atoms with Crippen LogP contribution in [0.4, 0.5) is 15.8 Å². The van der Waals surface area contributed by atoms with Crippen molar-refractivity contribution in [2.45, 2.75) is 13.3 Å². The van der Waals surface area contributed by atoms with Gasteiger partial charge in [0.05, 0.1) is 11.4 Å². The third-order valence-electron chi connectivity index (χ3n) is 3.64. The highest BCUT2D eigenvalue weighted by molar-refractivity contribution is 6.10. The summed E-state index contributed by atoms with van der Waals surface area (Å²) in [5.74, 6) is -0.761. The summed E-state index contributed by atoms with van der Waals surface area (Å²) in [7, 11) is 0. The van der Waals surface area contributed by atoms with Crippen molar-refractivity contribution in [1.82, 2.24) is 0 Å². The molecular weight excluding hydrogens is 283 g/mol. The van der Waals surface area contributed by atoms with Gasteiger partial charge in [0.15, 0.2) is 0 Å². The van der Waals surface area contributed by atoms with Gasteiger partial charge in [0.1, 0.15) is 5.82 Å². The lowest BCUT2D eigenvalue weighted by atomic mass is 10.1. The van der Waals surface area contributed by atoms with Gasteiger partial charge in [-0.05, 0) is 42.3 Å². The Balaban J connectivity index is 1.98. The summed E-state index contributed by atoms with van der Waals surface area (Å²) in [6.45, 7) is 1.97. The Bertz CT molecular complexity index is 741. The van der Waals surface area contributed by atoms with Gasteiger partial charge in [-0.2, -0.15) is 0 Å². The van der Waals surface area contributed by atoms with Gasteiger partial charge in [0.2, 0.25) is 5.91 Å². The largest absolute Gasteiger partial charge is 0.325 e. The average molecular weight is 298 g/mol. The minimum Gasteiger partial charge on any atom is -0.325 e. The molecule has 0 bridgehead atoms. The third-order valence-corrected chi connectivity index (χ3v) is 3.64. The Hall–Kier alpha value is -2.69. The molecular formula is C17H15FN2O2. The van der Waals surface area contributed by atoms with Gasteiger partial charge < -0.3 is 10.2 Å². The Morgan fingerprint density at radius 1 is 1.14 bits per heavy atom. The summed E-state index contributed by atoms with van der Waals surface area (Å²) in [6, 6.07) is 11.0. The fraction of sp³-hybridized carbons (Fsp3) is 0.176. The molecule has 0 saturated heterocycles. The normalized spacial score (nSPS) is 12.9. The highest BCUT2D eigenvalue weighted by Crippen LogP contribution is 2.36. The first-order valence-electron chi connectivity index (χ1n) is 7.03. The summed E-state index contributed by atoms with van der Waals surface area (Å²) in [6.07, 6.45) is 0.732. The van der Waals surface area contributed by atoms with Crippen LogP contribution < -0.4 is 10.2 Å². The van der Waals surface area contributed by atoms with Crippen molar-refractivity contribution in [2.75, 3.05) is 16.8 Å². The maximum absolute atomic E-state index is 13.0. The predicted octanol–water partition coefficient (Wildman–Crippen LogP) is 2.99. The van der Waals surface area contributed by atoms with Gasteiger partial charge in [-0.3, -0.25) is 9.59 Å². The summed E-state index contributed by atoms with van der Waals surface area (Å²) >= 11 is 0. The van der Waals surface area contributed by atoms with Crippen molar-refractivity contribution >= 4 is 23.2 Å². The van der Waals surface area contributed by atoms with Gasteiger partial charge in [0.25, 0.3) is 5.91 Å². The highest BCUT2D eigenvalue weighted by atomic mass is 19.1. The van der Waals surface area contributed by atoms with Gasteiger partial charge in [0, 0.05) is 19.0 Å². The van der Waals surface area contributed by atoms with Crippen LogP contribution >= 0.6 is 0 Å². The second-order valence-electron chi connectivity index (χ2n) is 5.21. The summed E-state index contributed by atoms with van der Waals surface area (Å²) in [5.41, 5.74) is 2.79. The highest BCUT2D eigenvalue weighted by Gasteiger charge is 2.28. The second kappa shape index (κ2) is 5.60.